The van der Waals surface area contributed by atoms with Gasteiger partial charge in [0, 0.05) is 42.8 Å². The first-order chi connectivity index (χ1) is 16.5. The predicted molar refractivity (Wildman–Crippen MR) is 127 cm³/mol. The Morgan fingerprint density at radius 2 is 1.77 bits per heavy atom. The number of ketones is 1. The van der Waals surface area contributed by atoms with Crippen molar-refractivity contribution in [3.8, 4) is 5.69 Å². The zero-order chi connectivity index (χ0) is 25.3. The topological polar surface area (TPSA) is 127 Å². The molecule has 3 atom stereocenters. The van der Waals surface area contributed by atoms with E-state index < -0.39 is 47.2 Å². The van der Waals surface area contributed by atoms with Crippen molar-refractivity contribution in [1.29, 1.82) is 0 Å². The van der Waals surface area contributed by atoms with Crippen molar-refractivity contribution in [3.63, 3.8) is 0 Å². The van der Waals surface area contributed by atoms with Crippen LogP contribution in [-0.2, 0) is 19.1 Å². The molecule has 2 aliphatic heterocycles. The van der Waals surface area contributed by atoms with Crippen LogP contribution in [-0.4, -0.2) is 57.9 Å². The Bertz CT molecular complexity index is 1210. The summed E-state index contributed by atoms with van der Waals surface area (Å²) in [5.74, 6) is -4.13. The molecular formula is C25H28N4O6. The Labute approximate surface area is 202 Å². The maximum Gasteiger partial charge on any atom is 0.410 e. The molecule has 0 saturated carbocycles. The van der Waals surface area contributed by atoms with Gasteiger partial charge in [0.05, 0.1) is 5.92 Å². The van der Waals surface area contributed by atoms with Crippen molar-refractivity contribution in [2.24, 2.45) is 11.8 Å². The number of pyridine rings is 1. The number of amides is 3. The van der Waals surface area contributed by atoms with E-state index >= 15 is 0 Å². The second-order valence-electron chi connectivity index (χ2n) is 9.72. The molecule has 0 bridgehead atoms. The number of likely N-dealkylation sites (tertiary alicyclic amines) is 1. The van der Waals surface area contributed by atoms with E-state index in [1.807, 2.05) is 0 Å². The molecule has 4 rings (SSSR count). The Kier molecular flexibility index (Phi) is 6.47. The predicted octanol–water partition coefficient (Wildman–Crippen LogP) is 1.72. The molecule has 3 unspecified atom stereocenters. The van der Waals surface area contributed by atoms with E-state index in [9.17, 15) is 24.0 Å². The van der Waals surface area contributed by atoms with Crippen LogP contribution in [0.2, 0.25) is 0 Å². The SMILES string of the molecule is CC(C)(C)OC(=O)N1CCC2NC(=O)C(C(=O)Nc3ccc(-n4ccccc4=O)cc3)C(=O)C2C1. The van der Waals surface area contributed by atoms with Gasteiger partial charge in [-0.15, -0.1) is 0 Å². The number of rotatable bonds is 3. The number of benzene rings is 1. The molecule has 2 aromatic rings. The highest BCUT2D eigenvalue weighted by molar-refractivity contribution is 6.23. The molecule has 2 fully saturated rings. The number of nitrogens with zero attached hydrogens (tertiary/aromatic N) is 2. The number of Topliss-reactive ketones (excluding diaryl/α,β-unsaturated/α-hetero) is 1. The van der Waals surface area contributed by atoms with Gasteiger partial charge in [-0.3, -0.25) is 23.7 Å². The second kappa shape index (κ2) is 9.36. The van der Waals surface area contributed by atoms with Gasteiger partial charge >= 0.3 is 6.09 Å². The molecule has 2 saturated heterocycles. The second-order valence-corrected chi connectivity index (χ2v) is 9.72. The van der Waals surface area contributed by atoms with E-state index in [0.29, 0.717) is 24.3 Å². The van der Waals surface area contributed by atoms with Gasteiger partial charge in [0.2, 0.25) is 11.8 Å². The average Bonchev–Trinajstić information content (AvgIpc) is 2.79. The summed E-state index contributed by atoms with van der Waals surface area (Å²) in [6.45, 7) is 5.69. The third-order valence-electron chi connectivity index (χ3n) is 6.00. The highest BCUT2D eigenvalue weighted by Gasteiger charge is 2.49. The molecule has 0 aliphatic carbocycles. The van der Waals surface area contributed by atoms with E-state index in [0.717, 1.165) is 0 Å². The standard InChI is InChI=1S/C25H28N4O6/c1-25(2,3)35-24(34)28-13-11-18-17(14-28)21(31)20(23(33)27-18)22(32)26-15-7-9-16(10-8-15)29-12-5-4-6-19(29)30/h4-10,12,17-18,20H,11,13-14H2,1-3H3,(H,26,32)(H,27,33). The van der Waals surface area contributed by atoms with Crippen LogP contribution < -0.4 is 16.2 Å². The summed E-state index contributed by atoms with van der Waals surface area (Å²) < 4.78 is 6.85. The monoisotopic (exact) mass is 480 g/mol. The quantitative estimate of drug-likeness (QED) is 0.644. The molecule has 35 heavy (non-hydrogen) atoms. The largest absolute Gasteiger partial charge is 0.444 e. The fourth-order valence-electron chi connectivity index (χ4n) is 4.32. The Hall–Kier alpha value is -3.95. The molecule has 0 spiro atoms. The van der Waals surface area contributed by atoms with E-state index in [1.54, 1.807) is 63.4 Å². The number of piperidine rings is 2. The number of anilines is 1. The zero-order valence-corrected chi connectivity index (χ0v) is 19.8. The van der Waals surface area contributed by atoms with Gasteiger partial charge in [-0.2, -0.15) is 0 Å². The number of aromatic nitrogens is 1. The van der Waals surface area contributed by atoms with Crippen molar-refractivity contribution >= 4 is 29.4 Å². The normalized spacial score (nSPS) is 22.1. The number of hydrogen-bond acceptors (Lipinski definition) is 6. The number of hydrogen-bond donors (Lipinski definition) is 2. The summed E-state index contributed by atoms with van der Waals surface area (Å²) in [6.07, 6.45) is 1.50. The van der Waals surface area contributed by atoms with Crippen molar-refractivity contribution in [2.45, 2.75) is 38.8 Å². The molecule has 0 radical (unpaired) electrons. The lowest BCUT2D eigenvalue weighted by molar-refractivity contribution is -0.147. The van der Waals surface area contributed by atoms with Crippen LogP contribution in [0, 0.1) is 11.8 Å². The summed E-state index contributed by atoms with van der Waals surface area (Å²) >= 11 is 0. The molecular weight excluding hydrogens is 452 g/mol. The minimum Gasteiger partial charge on any atom is -0.444 e. The number of nitrogens with one attached hydrogen (secondary N) is 2. The average molecular weight is 481 g/mol. The third kappa shape index (κ3) is 5.26. The van der Waals surface area contributed by atoms with Crippen molar-refractivity contribution < 1.29 is 23.9 Å². The summed E-state index contributed by atoms with van der Waals surface area (Å²) in [5.41, 5.74) is 0.110. The van der Waals surface area contributed by atoms with Crippen LogP contribution in [0.25, 0.3) is 5.69 Å². The first-order valence-corrected chi connectivity index (χ1v) is 11.4. The van der Waals surface area contributed by atoms with Crippen LogP contribution in [0.5, 0.6) is 0 Å². The summed E-state index contributed by atoms with van der Waals surface area (Å²) in [7, 11) is 0. The molecule has 10 nitrogen and oxygen atoms in total. The van der Waals surface area contributed by atoms with Gasteiger partial charge in [0.15, 0.2) is 11.7 Å². The lowest BCUT2D eigenvalue weighted by Gasteiger charge is -2.42. The van der Waals surface area contributed by atoms with Crippen LogP contribution in [0.3, 0.4) is 0 Å². The van der Waals surface area contributed by atoms with Crippen molar-refractivity contribution in [2.75, 3.05) is 18.4 Å². The lowest BCUT2D eigenvalue weighted by Crippen LogP contribution is -2.63. The van der Waals surface area contributed by atoms with Gasteiger partial charge in [0.1, 0.15) is 5.60 Å². The number of carbonyl (C=O) groups is 4. The van der Waals surface area contributed by atoms with Crippen molar-refractivity contribution in [3.05, 3.63) is 59.0 Å². The first-order valence-electron chi connectivity index (χ1n) is 11.4. The Morgan fingerprint density at radius 3 is 2.43 bits per heavy atom. The molecule has 1 aromatic carbocycles. The van der Waals surface area contributed by atoms with Gasteiger partial charge in [0.25, 0.3) is 5.56 Å². The molecule has 1 aromatic heterocycles. The van der Waals surface area contributed by atoms with Crippen molar-refractivity contribution in [1.82, 2.24) is 14.8 Å². The fourth-order valence-corrected chi connectivity index (χ4v) is 4.32. The smallest absolute Gasteiger partial charge is 0.410 e. The van der Waals surface area contributed by atoms with Crippen LogP contribution in [0.4, 0.5) is 10.5 Å². The van der Waals surface area contributed by atoms with E-state index in [2.05, 4.69) is 10.6 Å². The molecule has 184 valence electrons. The van der Waals surface area contributed by atoms with Crippen LogP contribution >= 0.6 is 0 Å². The number of ether oxygens (including phenoxy) is 1. The Morgan fingerprint density at radius 1 is 1.06 bits per heavy atom. The number of carbonyl (C=O) groups excluding carboxylic acids is 4. The summed E-state index contributed by atoms with van der Waals surface area (Å²) in [5, 5.41) is 5.39. The van der Waals surface area contributed by atoms with E-state index in [-0.39, 0.29) is 12.1 Å². The van der Waals surface area contributed by atoms with Crippen LogP contribution in [0.1, 0.15) is 27.2 Å². The zero-order valence-electron chi connectivity index (χ0n) is 19.8. The minimum absolute atomic E-state index is 0.0724. The van der Waals surface area contributed by atoms with E-state index in [1.165, 1.54) is 15.5 Å². The van der Waals surface area contributed by atoms with E-state index in [4.69, 9.17) is 4.74 Å². The highest BCUT2D eigenvalue weighted by atomic mass is 16.6. The summed E-state index contributed by atoms with van der Waals surface area (Å²) in [4.78, 5) is 64.7. The van der Waals surface area contributed by atoms with Gasteiger partial charge in [-0.1, -0.05) is 6.07 Å². The minimum atomic E-state index is -1.52. The molecule has 2 aliphatic rings. The maximum absolute atomic E-state index is 13.2. The molecule has 2 N–H and O–H groups in total. The Balaban J connectivity index is 1.45. The van der Waals surface area contributed by atoms with Crippen LogP contribution in [0.15, 0.2) is 53.5 Å². The fraction of sp³-hybridized carbons (Fsp3) is 0.400. The lowest BCUT2D eigenvalue weighted by atomic mass is 9.78. The first kappa shape index (κ1) is 24.2. The highest BCUT2D eigenvalue weighted by Crippen LogP contribution is 2.28. The maximum atomic E-state index is 13.2. The molecule has 3 heterocycles. The molecule has 3 amide bonds. The molecule has 10 heteroatoms. The number of fused-ring (bicyclic) bond motifs is 1. The van der Waals surface area contributed by atoms with Gasteiger partial charge < -0.3 is 20.3 Å². The van der Waals surface area contributed by atoms with Gasteiger partial charge in [-0.05, 0) is 57.5 Å². The third-order valence-corrected chi connectivity index (χ3v) is 6.00. The summed E-state index contributed by atoms with van der Waals surface area (Å²) in [6, 6.07) is 10.9. The van der Waals surface area contributed by atoms with Gasteiger partial charge in [-0.25, -0.2) is 4.79 Å².